The Labute approximate surface area is 121 Å². The molecule has 0 spiro atoms. The van der Waals surface area contributed by atoms with Gasteiger partial charge in [0.2, 0.25) is 0 Å². The van der Waals surface area contributed by atoms with Crippen LogP contribution in [0.5, 0.6) is 5.75 Å². The monoisotopic (exact) mass is 288 g/mol. The number of aliphatic carboxylic acids is 1. The molecule has 0 radical (unpaired) electrons. The van der Waals surface area contributed by atoms with Crippen LogP contribution in [0.15, 0.2) is 35.4 Å². The third-order valence-corrected chi connectivity index (χ3v) is 3.52. The van der Waals surface area contributed by atoms with Crippen LogP contribution in [0, 0.1) is 6.92 Å². The molecule has 110 valence electrons. The molecule has 2 aromatic heterocycles. The van der Waals surface area contributed by atoms with Crippen molar-refractivity contribution in [1.82, 2.24) is 9.55 Å². The molecule has 0 fully saturated rings. The maximum absolute atomic E-state index is 12.4. The SMILES string of the molecule is Cc1cc(O)c(C(CC(=O)O)c2ccncc2)c(=O)n1C. The Balaban J connectivity index is 2.66. The number of aromatic hydroxyl groups is 1. The van der Waals surface area contributed by atoms with Crippen molar-refractivity contribution in [2.75, 3.05) is 0 Å². The lowest BCUT2D eigenvalue weighted by molar-refractivity contribution is -0.137. The van der Waals surface area contributed by atoms with Crippen molar-refractivity contribution < 1.29 is 15.0 Å². The Hall–Kier alpha value is -2.63. The van der Waals surface area contributed by atoms with E-state index in [9.17, 15) is 14.7 Å². The highest BCUT2D eigenvalue weighted by atomic mass is 16.4. The molecule has 0 saturated carbocycles. The summed E-state index contributed by atoms with van der Waals surface area (Å²) in [5.74, 6) is -1.94. The Bertz CT molecular complexity index is 722. The molecule has 0 saturated heterocycles. The molecule has 1 atom stereocenters. The number of aromatic nitrogens is 2. The van der Waals surface area contributed by atoms with Gasteiger partial charge in [0.15, 0.2) is 0 Å². The van der Waals surface area contributed by atoms with Gasteiger partial charge in [-0.25, -0.2) is 0 Å². The van der Waals surface area contributed by atoms with Gasteiger partial charge in [-0.3, -0.25) is 14.6 Å². The number of rotatable bonds is 4. The summed E-state index contributed by atoms with van der Waals surface area (Å²) < 4.78 is 1.39. The number of pyridine rings is 2. The van der Waals surface area contributed by atoms with Gasteiger partial charge in [-0.1, -0.05) is 0 Å². The molecule has 2 heterocycles. The van der Waals surface area contributed by atoms with Gasteiger partial charge in [-0.15, -0.1) is 0 Å². The van der Waals surface area contributed by atoms with Crippen molar-refractivity contribution in [2.24, 2.45) is 7.05 Å². The summed E-state index contributed by atoms with van der Waals surface area (Å²) in [6, 6.07) is 4.76. The predicted molar refractivity (Wildman–Crippen MR) is 76.4 cm³/mol. The largest absolute Gasteiger partial charge is 0.507 e. The Morgan fingerprint density at radius 2 is 2.00 bits per heavy atom. The van der Waals surface area contributed by atoms with Crippen LogP contribution in [-0.4, -0.2) is 25.7 Å². The fourth-order valence-electron chi connectivity index (χ4n) is 2.31. The molecule has 0 aliphatic rings. The van der Waals surface area contributed by atoms with Gasteiger partial charge >= 0.3 is 5.97 Å². The lowest BCUT2D eigenvalue weighted by atomic mass is 9.89. The van der Waals surface area contributed by atoms with Gasteiger partial charge < -0.3 is 14.8 Å². The third kappa shape index (κ3) is 2.94. The highest BCUT2D eigenvalue weighted by Gasteiger charge is 2.25. The van der Waals surface area contributed by atoms with E-state index in [0.717, 1.165) is 0 Å². The summed E-state index contributed by atoms with van der Waals surface area (Å²) in [5, 5.41) is 19.2. The van der Waals surface area contributed by atoms with Crippen molar-refractivity contribution in [1.29, 1.82) is 0 Å². The molecule has 0 aliphatic heterocycles. The molecule has 6 heteroatoms. The average molecular weight is 288 g/mol. The Morgan fingerprint density at radius 1 is 1.38 bits per heavy atom. The molecule has 0 bridgehead atoms. The number of hydrogen-bond donors (Lipinski definition) is 2. The number of carboxylic acids is 1. The van der Waals surface area contributed by atoms with Crippen LogP contribution < -0.4 is 5.56 Å². The number of hydrogen-bond acceptors (Lipinski definition) is 4. The molecule has 21 heavy (non-hydrogen) atoms. The van der Waals surface area contributed by atoms with Gasteiger partial charge in [0.1, 0.15) is 5.75 Å². The zero-order valence-corrected chi connectivity index (χ0v) is 11.8. The van der Waals surface area contributed by atoms with E-state index in [1.54, 1.807) is 26.1 Å². The van der Waals surface area contributed by atoms with E-state index in [0.29, 0.717) is 11.3 Å². The molecule has 2 N–H and O–H groups in total. The lowest BCUT2D eigenvalue weighted by Gasteiger charge is -2.18. The smallest absolute Gasteiger partial charge is 0.304 e. The van der Waals surface area contributed by atoms with Crippen molar-refractivity contribution in [3.63, 3.8) is 0 Å². The minimum absolute atomic E-state index is 0.0942. The molecule has 2 rings (SSSR count). The second kappa shape index (κ2) is 5.78. The second-order valence-corrected chi connectivity index (χ2v) is 4.88. The van der Waals surface area contributed by atoms with Crippen molar-refractivity contribution in [2.45, 2.75) is 19.3 Å². The van der Waals surface area contributed by atoms with Crippen LogP contribution in [0.2, 0.25) is 0 Å². The molecule has 1 unspecified atom stereocenters. The van der Waals surface area contributed by atoms with E-state index in [4.69, 9.17) is 5.11 Å². The second-order valence-electron chi connectivity index (χ2n) is 4.88. The highest BCUT2D eigenvalue weighted by molar-refractivity contribution is 5.69. The number of aryl methyl sites for hydroxylation is 1. The van der Waals surface area contributed by atoms with E-state index in [1.807, 2.05) is 0 Å². The maximum atomic E-state index is 12.4. The molecule has 2 aromatic rings. The molecule has 0 aliphatic carbocycles. The van der Waals surface area contributed by atoms with Gasteiger partial charge in [0.25, 0.3) is 5.56 Å². The summed E-state index contributed by atoms with van der Waals surface area (Å²) in [5.41, 5.74) is 0.931. The van der Waals surface area contributed by atoms with Crippen molar-refractivity contribution >= 4 is 5.97 Å². The van der Waals surface area contributed by atoms with Crippen LogP contribution in [0.4, 0.5) is 0 Å². The quantitative estimate of drug-likeness (QED) is 0.887. The highest BCUT2D eigenvalue weighted by Crippen LogP contribution is 2.31. The minimum atomic E-state index is -1.04. The lowest BCUT2D eigenvalue weighted by Crippen LogP contribution is -2.26. The van der Waals surface area contributed by atoms with Crippen molar-refractivity contribution in [3.8, 4) is 5.75 Å². The Morgan fingerprint density at radius 3 is 2.57 bits per heavy atom. The number of carbonyl (C=O) groups is 1. The summed E-state index contributed by atoms with van der Waals surface area (Å²) >= 11 is 0. The van der Waals surface area contributed by atoms with E-state index >= 15 is 0 Å². The van der Waals surface area contributed by atoms with Crippen LogP contribution in [0.3, 0.4) is 0 Å². The number of nitrogens with zero attached hydrogens (tertiary/aromatic N) is 2. The van der Waals surface area contributed by atoms with E-state index in [2.05, 4.69) is 4.98 Å². The minimum Gasteiger partial charge on any atom is -0.507 e. The fourth-order valence-corrected chi connectivity index (χ4v) is 2.31. The van der Waals surface area contributed by atoms with Crippen LogP contribution in [-0.2, 0) is 11.8 Å². The van der Waals surface area contributed by atoms with Gasteiger partial charge in [-0.05, 0) is 30.7 Å². The number of carboxylic acid groups (broad SMARTS) is 1. The summed E-state index contributed by atoms with van der Waals surface area (Å²) in [7, 11) is 1.59. The molecule has 0 amide bonds. The molecule has 6 nitrogen and oxygen atoms in total. The summed E-state index contributed by atoms with van der Waals surface area (Å²) in [6.07, 6.45) is 2.77. The first-order chi connectivity index (χ1) is 9.91. The molecular formula is C15H16N2O4. The summed E-state index contributed by atoms with van der Waals surface area (Å²) in [4.78, 5) is 27.4. The molecular weight excluding hydrogens is 272 g/mol. The first-order valence-electron chi connectivity index (χ1n) is 6.43. The van der Waals surface area contributed by atoms with E-state index in [-0.39, 0.29) is 17.7 Å². The van der Waals surface area contributed by atoms with Gasteiger partial charge in [-0.2, -0.15) is 0 Å². The normalized spacial score (nSPS) is 12.1. The molecule has 0 aromatic carbocycles. The van der Waals surface area contributed by atoms with Gasteiger partial charge in [0.05, 0.1) is 12.0 Å². The zero-order valence-electron chi connectivity index (χ0n) is 11.8. The predicted octanol–water partition coefficient (Wildman–Crippen LogP) is 1.40. The third-order valence-electron chi connectivity index (χ3n) is 3.52. The zero-order chi connectivity index (χ0) is 15.6. The first kappa shape index (κ1) is 14.8. The van der Waals surface area contributed by atoms with E-state index < -0.39 is 17.4 Å². The van der Waals surface area contributed by atoms with Gasteiger partial charge in [0, 0.05) is 31.1 Å². The average Bonchev–Trinajstić information content (AvgIpc) is 2.44. The van der Waals surface area contributed by atoms with Crippen LogP contribution in [0.1, 0.15) is 29.2 Å². The Kier molecular flexibility index (Phi) is 4.07. The standard InChI is InChI=1S/C15H16N2O4/c1-9-7-12(18)14(15(21)17(9)2)11(8-13(19)20)10-3-5-16-6-4-10/h3-7,11,18H,8H2,1-2H3,(H,19,20). The van der Waals surface area contributed by atoms with Crippen LogP contribution in [0.25, 0.3) is 0 Å². The topological polar surface area (TPSA) is 92.4 Å². The van der Waals surface area contributed by atoms with Crippen LogP contribution >= 0.6 is 0 Å². The maximum Gasteiger partial charge on any atom is 0.304 e. The fraction of sp³-hybridized carbons (Fsp3) is 0.267. The van der Waals surface area contributed by atoms with Crippen molar-refractivity contribution in [3.05, 3.63) is 57.8 Å². The summed E-state index contributed by atoms with van der Waals surface area (Å²) in [6.45, 7) is 1.70. The van der Waals surface area contributed by atoms with E-state index in [1.165, 1.54) is 23.0 Å². The first-order valence-corrected chi connectivity index (χ1v) is 6.43.